The van der Waals surface area contributed by atoms with Crippen molar-refractivity contribution in [3.8, 4) is 0 Å². The molecule has 0 aliphatic rings. The van der Waals surface area contributed by atoms with Gasteiger partial charge in [0.1, 0.15) is 0 Å². The van der Waals surface area contributed by atoms with Gasteiger partial charge in [-0.15, -0.1) is 10.2 Å². The van der Waals surface area contributed by atoms with Crippen LogP contribution in [0.5, 0.6) is 0 Å². The molecule has 0 saturated carbocycles. The van der Waals surface area contributed by atoms with E-state index in [0.29, 0.717) is 0 Å². The van der Waals surface area contributed by atoms with Crippen LogP contribution in [-0.4, -0.2) is 16.0 Å². The number of nitrogens with zero attached hydrogens (tertiary/aromatic N) is 2. The average Bonchev–Trinajstić information content (AvgIpc) is 2.76. The van der Waals surface area contributed by atoms with Crippen LogP contribution in [0.15, 0.2) is 32.9 Å². The number of hydrogen-bond donors (Lipinski definition) is 0. The van der Waals surface area contributed by atoms with Crippen LogP contribution in [-0.2, 0) is 5.75 Å². The molecule has 0 amide bonds. The number of benzene rings is 1. The molecule has 0 bridgehead atoms. The standard InChI is InChI=1S/C12H14N2S3/c1-3-15-11-13-14-12(17-11)16-8-10-7-5-4-6-9(10)2/h4-7H,3,8H2,1-2H3. The molecule has 17 heavy (non-hydrogen) atoms. The lowest BCUT2D eigenvalue weighted by Gasteiger charge is -2.02. The number of aromatic nitrogens is 2. The summed E-state index contributed by atoms with van der Waals surface area (Å²) in [6.07, 6.45) is 0. The molecule has 90 valence electrons. The lowest BCUT2D eigenvalue weighted by Crippen LogP contribution is -1.84. The van der Waals surface area contributed by atoms with Gasteiger partial charge in [0.2, 0.25) is 0 Å². The lowest BCUT2D eigenvalue weighted by molar-refractivity contribution is 0.954. The number of rotatable bonds is 5. The Morgan fingerprint density at radius 1 is 1.12 bits per heavy atom. The highest BCUT2D eigenvalue weighted by molar-refractivity contribution is 8.02. The summed E-state index contributed by atoms with van der Waals surface area (Å²) in [5.74, 6) is 2.02. The Labute approximate surface area is 114 Å². The molecule has 1 heterocycles. The maximum absolute atomic E-state index is 4.19. The zero-order valence-corrected chi connectivity index (χ0v) is 12.3. The van der Waals surface area contributed by atoms with Gasteiger partial charge < -0.3 is 0 Å². The van der Waals surface area contributed by atoms with Gasteiger partial charge in [-0.05, 0) is 23.8 Å². The maximum Gasteiger partial charge on any atom is 0.175 e. The van der Waals surface area contributed by atoms with Crippen LogP contribution in [0.1, 0.15) is 18.1 Å². The van der Waals surface area contributed by atoms with E-state index in [2.05, 4.69) is 48.3 Å². The first-order valence-electron chi connectivity index (χ1n) is 5.43. The van der Waals surface area contributed by atoms with Gasteiger partial charge in [-0.2, -0.15) is 0 Å². The van der Waals surface area contributed by atoms with E-state index < -0.39 is 0 Å². The zero-order valence-electron chi connectivity index (χ0n) is 9.84. The highest BCUT2D eigenvalue weighted by Crippen LogP contribution is 2.30. The van der Waals surface area contributed by atoms with E-state index in [0.717, 1.165) is 20.2 Å². The van der Waals surface area contributed by atoms with E-state index >= 15 is 0 Å². The van der Waals surface area contributed by atoms with Gasteiger partial charge in [-0.3, -0.25) is 0 Å². The average molecular weight is 282 g/mol. The van der Waals surface area contributed by atoms with Gasteiger partial charge in [0.25, 0.3) is 0 Å². The number of aryl methyl sites for hydroxylation is 1. The Balaban J connectivity index is 1.95. The number of hydrogen-bond acceptors (Lipinski definition) is 5. The summed E-state index contributed by atoms with van der Waals surface area (Å²) in [5.41, 5.74) is 2.71. The third kappa shape index (κ3) is 3.72. The van der Waals surface area contributed by atoms with Gasteiger partial charge in [0.15, 0.2) is 8.68 Å². The van der Waals surface area contributed by atoms with E-state index in [1.165, 1.54) is 11.1 Å². The molecule has 0 fully saturated rings. The highest BCUT2D eigenvalue weighted by atomic mass is 32.2. The van der Waals surface area contributed by atoms with Gasteiger partial charge in [0, 0.05) is 5.75 Å². The summed E-state index contributed by atoms with van der Waals surface area (Å²) in [6, 6.07) is 8.48. The smallest absolute Gasteiger partial charge is 0.131 e. The van der Waals surface area contributed by atoms with E-state index in [1.807, 2.05) is 0 Å². The molecule has 1 aromatic carbocycles. The van der Waals surface area contributed by atoms with Crippen LogP contribution in [0.25, 0.3) is 0 Å². The Hall–Kier alpha value is -0.520. The van der Waals surface area contributed by atoms with Crippen LogP contribution < -0.4 is 0 Å². The molecule has 5 heteroatoms. The summed E-state index contributed by atoms with van der Waals surface area (Å²) in [5, 5.41) is 8.34. The minimum absolute atomic E-state index is 0.970. The summed E-state index contributed by atoms with van der Waals surface area (Å²) in [4.78, 5) is 0. The topological polar surface area (TPSA) is 25.8 Å². The molecule has 2 nitrogen and oxygen atoms in total. The van der Waals surface area contributed by atoms with Gasteiger partial charge >= 0.3 is 0 Å². The van der Waals surface area contributed by atoms with E-state index in [4.69, 9.17) is 0 Å². The molecule has 0 aliphatic heterocycles. The van der Waals surface area contributed by atoms with E-state index in [9.17, 15) is 0 Å². The summed E-state index contributed by atoms with van der Waals surface area (Å²) < 4.78 is 2.13. The second kappa shape index (κ2) is 6.42. The molecule has 0 spiro atoms. The van der Waals surface area contributed by atoms with Crippen molar-refractivity contribution >= 4 is 34.9 Å². The molecule has 2 aromatic rings. The summed E-state index contributed by atoms with van der Waals surface area (Å²) in [7, 11) is 0. The minimum atomic E-state index is 0.970. The molecule has 2 rings (SSSR count). The van der Waals surface area contributed by atoms with Crippen molar-refractivity contribution in [3.05, 3.63) is 35.4 Å². The van der Waals surface area contributed by atoms with Crippen molar-refractivity contribution in [1.29, 1.82) is 0 Å². The second-order valence-corrected chi connectivity index (χ2v) is 7.19. The molecule has 0 atom stereocenters. The fourth-order valence-electron chi connectivity index (χ4n) is 1.35. The molecular formula is C12H14N2S3. The lowest BCUT2D eigenvalue weighted by atomic mass is 10.1. The van der Waals surface area contributed by atoms with Crippen molar-refractivity contribution in [2.24, 2.45) is 0 Å². The molecule has 0 radical (unpaired) electrons. The van der Waals surface area contributed by atoms with Gasteiger partial charge in [0.05, 0.1) is 0 Å². The SMILES string of the molecule is CCSc1nnc(SCc2ccccc2C)s1. The fourth-order valence-corrected chi connectivity index (χ4v) is 4.34. The first-order chi connectivity index (χ1) is 8.29. The Kier molecular flexibility index (Phi) is 4.88. The van der Waals surface area contributed by atoms with Crippen LogP contribution >= 0.6 is 34.9 Å². The Morgan fingerprint density at radius 3 is 2.53 bits per heavy atom. The minimum Gasteiger partial charge on any atom is -0.131 e. The molecule has 0 unspecified atom stereocenters. The van der Waals surface area contributed by atoms with Crippen molar-refractivity contribution in [2.75, 3.05) is 5.75 Å². The van der Waals surface area contributed by atoms with Crippen LogP contribution in [0.2, 0.25) is 0 Å². The molecular weight excluding hydrogens is 268 g/mol. The van der Waals surface area contributed by atoms with Crippen LogP contribution in [0.3, 0.4) is 0 Å². The molecule has 0 aliphatic carbocycles. The van der Waals surface area contributed by atoms with Crippen LogP contribution in [0.4, 0.5) is 0 Å². The first kappa shape index (κ1) is 12.9. The van der Waals surface area contributed by atoms with E-state index in [1.54, 1.807) is 34.9 Å². The monoisotopic (exact) mass is 282 g/mol. The molecule has 0 N–H and O–H groups in total. The first-order valence-corrected chi connectivity index (χ1v) is 8.22. The molecule has 0 saturated heterocycles. The normalized spacial score (nSPS) is 10.7. The highest BCUT2D eigenvalue weighted by Gasteiger charge is 2.05. The third-order valence-electron chi connectivity index (χ3n) is 2.27. The van der Waals surface area contributed by atoms with Crippen molar-refractivity contribution in [1.82, 2.24) is 10.2 Å². The van der Waals surface area contributed by atoms with E-state index in [-0.39, 0.29) is 0 Å². The predicted molar refractivity (Wildman–Crippen MR) is 77.0 cm³/mol. The van der Waals surface area contributed by atoms with Crippen molar-refractivity contribution in [3.63, 3.8) is 0 Å². The van der Waals surface area contributed by atoms with Crippen LogP contribution in [0, 0.1) is 6.92 Å². The Morgan fingerprint density at radius 2 is 1.82 bits per heavy atom. The fraction of sp³-hybridized carbons (Fsp3) is 0.333. The van der Waals surface area contributed by atoms with Crippen molar-refractivity contribution < 1.29 is 0 Å². The predicted octanol–water partition coefficient (Wildman–Crippen LogP) is 4.25. The largest absolute Gasteiger partial charge is 0.175 e. The van der Waals surface area contributed by atoms with Gasteiger partial charge in [-0.25, -0.2) is 0 Å². The Bertz CT molecular complexity index is 482. The summed E-state index contributed by atoms with van der Waals surface area (Å²) >= 11 is 5.20. The molecule has 1 aromatic heterocycles. The zero-order chi connectivity index (χ0) is 12.1. The number of thioether (sulfide) groups is 2. The quantitative estimate of drug-likeness (QED) is 0.766. The second-order valence-electron chi connectivity index (χ2n) is 3.48. The van der Waals surface area contributed by atoms with Gasteiger partial charge in [-0.1, -0.05) is 66.0 Å². The summed E-state index contributed by atoms with van der Waals surface area (Å²) in [6.45, 7) is 4.28. The van der Waals surface area contributed by atoms with Crippen molar-refractivity contribution in [2.45, 2.75) is 28.3 Å². The third-order valence-corrected chi connectivity index (χ3v) is 5.39. The maximum atomic E-state index is 4.19.